The van der Waals surface area contributed by atoms with Crippen LogP contribution in [-0.4, -0.2) is 20.5 Å². The van der Waals surface area contributed by atoms with Gasteiger partial charge in [-0.25, -0.2) is 9.07 Å². The van der Waals surface area contributed by atoms with E-state index in [4.69, 9.17) is 0 Å². The summed E-state index contributed by atoms with van der Waals surface area (Å²) in [5.74, 6) is 0.558. The monoisotopic (exact) mass is 408 g/mol. The zero-order valence-electron chi connectivity index (χ0n) is 18.0. The summed E-state index contributed by atoms with van der Waals surface area (Å²) in [6.07, 6.45) is 16.8. The lowest BCUT2D eigenvalue weighted by Gasteiger charge is -2.52. The Morgan fingerprint density at radius 3 is 2.67 bits per heavy atom. The SMILES string of the molecule is C[C@]12Cc3cnn(-c4ccc(F)cc4)c3C=C1CCC[C@@]2(O)CCC1CCCCC1. The number of nitrogens with zero attached hydrogens (tertiary/aromatic N) is 2. The van der Waals surface area contributed by atoms with Gasteiger partial charge in [-0.1, -0.05) is 44.6 Å². The van der Waals surface area contributed by atoms with Crippen molar-refractivity contribution in [3.05, 3.63) is 53.1 Å². The first-order valence-corrected chi connectivity index (χ1v) is 11.7. The third kappa shape index (κ3) is 3.33. The Balaban J connectivity index is 1.43. The average Bonchev–Trinajstić information content (AvgIpc) is 3.15. The molecule has 0 unspecified atom stereocenters. The number of halogens is 1. The molecule has 5 rings (SSSR count). The number of hydrogen-bond acceptors (Lipinski definition) is 2. The van der Waals surface area contributed by atoms with E-state index in [2.05, 4.69) is 18.1 Å². The van der Waals surface area contributed by atoms with Crippen LogP contribution in [0.25, 0.3) is 11.8 Å². The predicted octanol–water partition coefficient (Wildman–Crippen LogP) is 6.23. The van der Waals surface area contributed by atoms with E-state index in [-0.39, 0.29) is 11.2 Å². The average molecular weight is 409 g/mol. The van der Waals surface area contributed by atoms with Crippen molar-refractivity contribution in [1.29, 1.82) is 0 Å². The number of fused-ring (bicyclic) bond motifs is 2. The summed E-state index contributed by atoms with van der Waals surface area (Å²) >= 11 is 0. The van der Waals surface area contributed by atoms with Crippen LogP contribution in [-0.2, 0) is 6.42 Å². The molecular formula is C26H33FN2O. The van der Waals surface area contributed by atoms with Gasteiger partial charge in [-0.15, -0.1) is 0 Å². The molecule has 3 aliphatic carbocycles. The van der Waals surface area contributed by atoms with Crippen LogP contribution >= 0.6 is 0 Å². The van der Waals surface area contributed by atoms with Gasteiger partial charge in [0.2, 0.25) is 0 Å². The fourth-order valence-electron chi connectivity index (χ4n) is 6.27. The molecule has 2 atom stereocenters. The fraction of sp³-hybridized carbons (Fsp3) is 0.577. The molecule has 3 aliphatic rings. The van der Waals surface area contributed by atoms with Gasteiger partial charge in [0, 0.05) is 5.41 Å². The third-order valence-corrected chi connectivity index (χ3v) is 8.28. The highest BCUT2D eigenvalue weighted by atomic mass is 19.1. The summed E-state index contributed by atoms with van der Waals surface area (Å²) in [5, 5.41) is 16.5. The molecule has 160 valence electrons. The summed E-state index contributed by atoms with van der Waals surface area (Å²) in [4.78, 5) is 0. The predicted molar refractivity (Wildman–Crippen MR) is 118 cm³/mol. The van der Waals surface area contributed by atoms with Gasteiger partial charge in [0.25, 0.3) is 0 Å². The van der Waals surface area contributed by atoms with E-state index < -0.39 is 5.60 Å². The van der Waals surface area contributed by atoms with Gasteiger partial charge in [0.15, 0.2) is 0 Å². The van der Waals surface area contributed by atoms with Gasteiger partial charge in [-0.05, 0) is 80.3 Å². The van der Waals surface area contributed by atoms with Crippen molar-refractivity contribution < 1.29 is 9.50 Å². The van der Waals surface area contributed by atoms with Crippen LogP contribution in [0.15, 0.2) is 36.0 Å². The molecule has 1 heterocycles. The van der Waals surface area contributed by atoms with Gasteiger partial charge in [-0.3, -0.25) is 0 Å². The first kappa shape index (κ1) is 20.0. The molecule has 3 nitrogen and oxygen atoms in total. The summed E-state index contributed by atoms with van der Waals surface area (Å²) < 4.78 is 15.3. The van der Waals surface area contributed by atoms with E-state index >= 15 is 0 Å². The van der Waals surface area contributed by atoms with E-state index in [0.29, 0.717) is 0 Å². The van der Waals surface area contributed by atoms with E-state index in [0.717, 1.165) is 55.8 Å². The molecule has 2 fully saturated rings. The molecule has 0 aliphatic heterocycles. The van der Waals surface area contributed by atoms with Crippen LogP contribution in [0.4, 0.5) is 4.39 Å². The van der Waals surface area contributed by atoms with Crippen molar-refractivity contribution in [2.24, 2.45) is 11.3 Å². The van der Waals surface area contributed by atoms with Crippen LogP contribution < -0.4 is 0 Å². The molecule has 0 spiro atoms. The van der Waals surface area contributed by atoms with Crippen molar-refractivity contribution >= 4 is 6.08 Å². The van der Waals surface area contributed by atoms with Gasteiger partial charge >= 0.3 is 0 Å². The molecule has 0 amide bonds. The Bertz CT molecular complexity index is 940. The molecule has 1 aromatic carbocycles. The molecule has 0 saturated heterocycles. The minimum atomic E-state index is -0.635. The summed E-state index contributed by atoms with van der Waals surface area (Å²) in [7, 11) is 0. The molecule has 30 heavy (non-hydrogen) atoms. The highest BCUT2D eigenvalue weighted by Crippen LogP contribution is 2.55. The van der Waals surface area contributed by atoms with E-state index in [1.54, 1.807) is 12.1 Å². The van der Waals surface area contributed by atoms with Gasteiger partial charge < -0.3 is 5.11 Å². The van der Waals surface area contributed by atoms with E-state index in [9.17, 15) is 9.50 Å². The highest BCUT2D eigenvalue weighted by molar-refractivity contribution is 5.62. The number of hydrogen-bond donors (Lipinski definition) is 1. The molecule has 2 saturated carbocycles. The largest absolute Gasteiger partial charge is 0.389 e. The second-order valence-corrected chi connectivity index (χ2v) is 10.0. The van der Waals surface area contributed by atoms with E-state index in [1.807, 2.05) is 10.9 Å². The Labute approximate surface area is 179 Å². The number of aliphatic hydroxyl groups is 1. The normalized spacial score (nSPS) is 29.2. The highest BCUT2D eigenvalue weighted by Gasteiger charge is 2.52. The molecule has 2 aromatic rings. The zero-order chi connectivity index (χ0) is 20.8. The Morgan fingerprint density at radius 1 is 1.13 bits per heavy atom. The lowest BCUT2D eigenvalue weighted by atomic mass is 9.55. The van der Waals surface area contributed by atoms with Crippen molar-refractivity contribution in [2.75, 3.05) is 0 Å². The molecular weight excluding hydrogens is 375 g/mol. The van der Waals surface area contributed by atoms with Crippen molar-refractivity contribution in [3.8, 4) is 5.69 Å². The van der Waals surface area contributed by atoms with Gasteiger partial charge in [0.1, 0.15) is 5.82 Å². The lowest BCUT2D eigenvalue weighted by molar-refractivity contribution is -0.0887. The molecule has 1 aromatic heterocycles. The van der Waals surface area contributed by atoms with Crippen molar-refractivity contribution in [3.63, 3.8) is 0 Å². The molecule has 0 radical (unpaired) electrons. The second kappa shape index (κ2) is 7.64. The molecule has 1 N–H and O–H groups in total. The summed E-state index contributed by atoms with van der Waals surface area (Å²) in [6, 6.07) is 6.51. The Kier molecular flexibility index (Phi) is 5.09. The van der Waals surface area contributed by atoms with Crippen molar-refractivity contribution in [2.45, 2.75) is 83.2 Å². The van der Waals surface area contributed by atoms with Crippen LogP contribution in [0.1, 0.15) is 82.4 Å². The second-order valence-electron chi connectivity index (χ2n) is 10.0. The topological polar surface area (TPSA) is 38.0 Å². The van der Waals surface area contributed by atoms with E-state index in [1.165, 1.54) is 55.4 Å². The number of benzene rings is 1. The number of rotatable bonds is 4. The smallest absolute Gasteiger partial charge is 0.123 e. The minimum Gasteiger partial charge on any atom is -0.389 e. The first-order valence-electron chi connectivity index (χ1n) is 11.7. The van der Waals surface area contributed by atoms with Gasteiger partial charge in [-0.2, -0.15) is 5.10 Å². The summed E-state index contributed by atoms with van der Waals surface area (Å²) in [6.45, 7) is 2.27. The van der Waals surface area contributed by atoms with Crippen molar-refractivity contribution in [1.82, 2.24) is 9.78 Å². The Morgan fingerprint density at radius 2 is 1.90 bits per heavy atom. The maximum absolute atomic E-state index is 13.4. The maximum atomic E-state index is 13.4. The third-order valence-electron chi connectivity index (χ3n) is 8.28. The zero-order valence-corrected chi connectivity index (χ0v) is 18.0. The van der Waals surface area contributed by atoms with Crippen LogP contribution in [0, 0.1) is 17.2 Å². The van der Waals surface area contributed by atoms with Gasteiger partial charge in [0.05, 0.1) is 23.2 Å². The maximum Gasteiger partial charge on any atom is 0.123 e. The minimum absolute atomic E-state index is 0.219. The van der Waals surface area contributed by atoms with Crippen LogP contribution in [0.3, 0.4) is 0 Å². The summed E-state index contributed by atoms with van der Waals surface area (Å²) in [5.41, 5.74) is 3.65. The first-order chi connectivity index (χ1) is 14.5. The van der Waals surface area contributed by atoms with Crippen LogP contribution in [0.5, 0.6) is 0 Å². The molecule has 4 heteroatoms. The van der Waals surface area contributed by atoms with Crippen LogP contribution in [0.2, 0.25) is 0 Å². The number of aromatic nitrogens is 2. The standard InChI is InChI=1S/C26H33FN2O/c1-25-17-20-18-28-29(23-11-9-22(27)10-12-23)24(20)16-21(25)8-5-14-26(25,30)15-13-19-6-3-2-4-7-19/h9-12,16,18-19,30H,2-8,13-15,17H2,1H3/t25-,26+/m0/s1. The molecule has 0 bridgehead atoms. The quantitative estimate of drug-likeness (QED) is 0.651. The lowest BCUT2D eigenvalue weighted by Crippen LogP contribution is -2.52. The fourth-order valence-corrected chi connectivity index (χ4v) is 6.27. The Hall–Kier alpha value is -1.94.